The van der Waals surface area contributed by atoms with E-state index in [1.807, 2.05) is 53.5 Å². The van der Waals surface area contributed by atoms with Crippen LogP contribution in [0.2, 0.25) is 0 Å². The Labute approximate surface area is 143 Å². The summed E-state index contributed by atoms with van der Waals surface area (Å²) in [6, 6.07) is 15.9. The molecule has 0 aromatic heterocycles. The first-order chi connectivity index (χ1) is 11.2. The van der Waals surface area contributed by atoms with Crippen molar-refractivity contribution in [3.8, 4) is 5.75 Å². The Morgan fingerprint density at radius 2 is 2.00 bits per heavy atom. The summed E-state index contributed by atoms with van der Waals surface area (Å²) in [6.07, 6.45) is 0. The fraction of sp³-hybridized carbons (Fsp3) is 0.235. The minimum absolute atomic E-state index is 0.0863. The van der Waals surface area contributed by atoms with E-state index in [4.69, 9.17) is 4.74 Å². The third-order valence-corrected chi connectivity index (χ3v) is 4.21. The number of nitrogens with zero attached hydrogens (tertiary/aromatic N) is 3. The fourth-order valence-corrected chi connectivity index (χ4v) is 2.76. The smallest absolute Gasteiger partial charge is 0.153 e. The van der Waals surface area contributed by atoms with Crippen molar-refractivity contribution < 1.29 is 9.84 Å². The molecule has 0 fully saturated rings. The number of halogens is 1. The molecule has 0 saturated heterocycles. The molecule has 5 nitrogen and oxygen atoms in total. The summed E-state index contributed by atoms with van der Waals surface area (Å²) >= 11 is 3.43. The molecular weight excluding hydrogens is 358 g/mol. The monoisotopic (exact) mass is 375 g/mol. The minimum atomic E-state index is -0.0863. The van der Waals surface area contributed by atoms with Gasteiger partial charge in [0, 0.05) is 11.0 Å². The SMILES string of the molecule is COc1cccc(CN2CN(c3ccc(Br)cc3)N=C2CO)c1. The highest BCUT2D eigenvalue weighted by Crippen LogP contribution is 2.23. The number of benzene rings is 2. The van der Waals surface area contributed by atoms with Crippen LogP contribution in [0, 0.1) is 0 Å². The number of methoxy groups -OCH3 is 1. The van der Waals surface area contributed by atoms with Crippen molar-refractivity contribution >= 4 is 27.5 Å². The number of rotatable bonds is 5. The fourth-order valence-electron chi connectivity index (χ4n) is 2.49. The molecule has 1 aliphatic rings. The van der Waals surface area contributed by atoms with Crippen molar-refractivity contribution in [2.45, 2.75) is 6.54 Å². The normalized spacial score (nSPS) is 14.1. The van der Waals surface area contributed by atoms with Crippen LogP contribution in [-0.2, 0) is 6.54 Å². The molecule has 1 aliphatic heterocycles. The number of hydrazone groups is 1. The summed E-state index contributed by atoms with van der Waals surface area (Å²) in [4.78, 5) is 2.05. The first-order valence-corrected chi connectivity index (χ1v) is 8.08. The molecule has 2 aromatic carbocycles. The number of hydrogen-bond acceptors (Lipinski definition) is 5. The van der Waals surface area contributed by atoms with Crippen LogP contribution < -0.4 is 9.75 Å². The van der Waals surface area contributed by atoms with Crippen molar-refractivity contribution in [1.82, 2.24) is 4.90 Å². The van der Waals surface area contributed by atoms with Gasteiger partial charge in [-0.3, -0.25) is 0 Å². The Morgan fingerprint density at radius 3 is 2.70 bits per heavy atom. The Kier molecular flexibility index (Phi) is 4.83. The van der Waals surface area contributed by atoms with E-state index in [1.165, 1.54) is 0 Å². The second-order valence-corrected chi connectivity index (χ2v) is 6.16. The van der Waals surface area contributed by atoms with Crippen LogP contribution in [0.25, 0.3) is 0 Å². The van der Waals surface area contributed by atoms with Gasteiger partial charge in [-0.25, -0.2) is 5.01 Å². The van der Waals surface area contributed by atoms with E-state index < -0.39 is 0 Å². The van der Waals surface area contributed by atoms with Crippen molar-refractivity contribution in [3.05, 3.63) is 58.6 Å². The van der Waals surface area contributed by atoms with Gasteiger partial charge >= 0.3 is 0 Å². The highest BCUT2D eigenvalue weighted by atomic mass is 79.9. The molecular formula is C17H18BrN3O2. The van der Waals surface area contributed by atoms with Gasteiger partial charge < -0.3 is 14.7 Å². The summed E-state index contributed by atoms with van der Waals surface area (Å²) in [5.41, 5.74) is 2.11. The van der Waals surface area contributed by atoms with Gasteiger partial charge in [-0.1, -0.05) is 28.1 Å². The molecule has 1 heterocycles. The van der Waals surface area contributed by atoms with E-state index in [0.717, 1.165) is 21.5 Å². The molecule has 1 N–H and O–H groups in total. The number of hydrogen-bond donors (Lipinski definition) is 1. The molecule has 3 rings (SSSR count). The second-order valence-electron chi connectivity index (χ2n) is 5.24. The Bertz CT molecular complexity index is 703. The van der Waals surface area contributed by atoms with E-state index in [9.17, 15) is 5.11 Å². The molecule has 0 saturated carbocycles. The molecule has 0 unspecified atom stereocenters. The van der Waals surface area contributed by atoms with Crippen LogP contribution in [-0.4, -0.2) is 36.2 Å². The average Bonchev–Trinajstić information content (AvgIpc) is 2.98. The van der Waals surface area contributed by atoms with Crippen LogP contribution in [0.3, 0.4) is 0 Å². The molecule has 0 aliphatic carbocycles. The van der Waals surface area contributed by atoms with Crippen molar-refractivity contribution in [1.29, 1.82) is 0 Å². The van der Waals surface area contributed by atoms with Gasteiger partial charge in [0.2, 0.25) is 0 Å². The quantitative estimate of drug-likeness (QED) is 0.872. The Hall–Kier alpha value is -2.05. The van der Waals surface area contributed by atoms with Gasteiger partial charge in [-0.15, -0.1) is 0 Å². The molecule has 0 amide bonds. The standard InChI is InChI=1S/C17H18BrN3O2/c1-23-16-4-2-3-13(9-16)10-20-12-21(19-17(20)11-22)15-7-5-14(18)6-8-15/h2-9,22H,10-12H2,1H3. The second kappa shape index (κ2) is 7.02. The third kappa shape index (κ3) is 3.65. The molecule has 2 aromatic rings. The van der Waals surface area contributed by atoms with Crippen molar-refractivity contribution in [2.75, 3.05) is 25.4 Å². The van der Waals surface area contributed by atoms with Crippen LogP contribution in [0.1, 0.15) is 5.56 Å². The lowest BCUT2D eigenvalue weighted by Crippen LogP contribution is -2.32. The highest BCUT2D eigenvalue weighted by Gasteiger charge is 2.23. The van der Waals surface area contributed by atoms with Crippen LogP contribution in [0.5, 0.6) is 5.75 Å². The van der Waals surface area contributed by atoms with Gasteiger partial charge in [0.25, 0.3) is 0 Å². The number of anilines is 1. The molecule has 0 radical (unpaired) electrons. The number of aliphatic hydroxyl groups is 1. The number of aliphatic hydroxyl groups excluding tert-OH is 1. The van der Waals surface area contributed by atoms with Crippen LogP contribution in [0.4, 0.5) is 5.69 Å². The maximum Gasteiger partial charge on any atom is 0.153 e. The topological polar surface area (TPSA) is 48.3 Å². The van der Waals surface area contributed by atoms with Crippen LogP contribution in [0.15, 0.2) is 58.1 Å². The zero-order chi connectivity index (χ0) is 16.2. The predicted octanol–water partition coefficient (Wildman–Crippen LogP) is 3.04. The Morgan fingerprint density at radius 1 is 1.22 bits per heavy atom. The summed E-state index contributed by atoms with van der Waals surface area (Å²) < 4.78 is 6.29. The van der Waals surface area contributed by atoms with Crippen molar-refractivity contribution in [3.63, 3.8) is 0 Å². The molecule has 0 spiro atoms. The highest BCUT2D eigenvalue weighted by molar-refractivity contribution is 9.10. The van der Waals surface area contributed by atoms with E-state index in [0.29, 0.717) is 19.0 Å². The zero-order valence-electron chi connectivity index (χ0n) is 12.8. The zero-order valence-corrected chi connectivity index (χ0v) is 14.4. The van der Waals surface area contributed by atoms with Crippen molar-refractivity contribution in [2.24, 2.45) is 5.10 Å². The van der Waals surface area contributed by atoms with Crippen LogP contribution >= 0.6 is 15.9 Å². The molecule has 120 valence electrons. The third-order valence-electron chi connectivity index (χ3n) is 3.68. The van der Waals surface area contributed by atoms with Gasteiger partial charge in [-0.2, -0.15) is 5.10 Å². The average molecular weight is 376 g/mol. The number of amidine groups is 1. The van der Waals surface area contributed by atoms with E-state index >= 15 is 0 Å². The van der Waals surface area contributed by atoms with Gasteiger partial charge in [-0.05, 0) is 42.0 Å². The van der Waals surface area contributed by atoms with E-state index in [2.05, 4.69) is 25.9 Å². The first kappa shape index (κ1) is 15.8. The predicted molar refractivity (Wildman–Crippen MR) is 94.5 cm³/mol. The maximum atomic E-state index is 9.59. The first-order valence-electron chi connectivity index (χ1n) is 7.29. The summed E-state index contributed by atoms with van der Waals surface area (Å²) in [7, 11) is 1.66. The largest absolute Gasteiger partial charge is 0.497 e. The summed E-state index contributed by atoms with van der Waals surface area (Å²) in [5.74, 6) is 1.49. The number of ether oxygens (including phenoxy) is 1. The minimum Gasteiger partial charge on any atom is -0.497 e. The van der Waals surface area contributed by atoms with Gasteiger partial charge in [0.05, 0.1) is 12.8 Å². The molecule has 0 atom stereocenters. The lowest BCUT2D eigenvalue weighted by atomic mass is 10.2. The van der Waals surface area contributed by atoms with Gasteiger partial charge in [0.1, 0.15) is 19.0 Å². The maximum absolute atomic E-state index is 9.59. The van der Waals surface area contributed by atoms with Gasteiger partial charge in [0.15, 0.2) is 5.84 Å². The summed E-state index contributed by atoms with van der Waals surface area (Å²) in [6.45, 7) is 1.19. The summed E-state index contributed by atoms with van der Waals surface area (Å²) in [5, 5.41) is 16.0. The van der Waals surface area contributed by atoms with E-state index in [-0.39, 0.29) is 6.61 Å². The molecule has 23 heavy (non-hydrogen) atoms. The lowest BCUT2D eigenvalue weighted by molar-refractivity contribution is 0.327. The molecule has 6 heteroatoms. The van der Waals surface area contributed by atoms with E-state index in [1.54, 1.807) is 7.11 Å². The molecule has 0 bridgehead atoms. The lowest BCUT2D eigenvalue weighted by Gasteiger charge is -2.21. The Balaban J connectivity index is 1.76.